The number of piperazine rings is 1. The molecule has 2 saturated heterocycles. The fourth-order valence-electron chi connectivity index (χ4n) is 3.81. The van der Waals surface area contributed by atoms with Gasteiger partial charge in [-0.1, -0.05) is 0 Å². The zero-order valence-corrected chi connectivity index (χ0v) is 20.7. The van der Waals surface area contributed by atoms with Crippen LogP contribution < -0.4 is 10.1 Å². The van der Waals surface area contributed by atoms with Gasteiger partial charge in [-0.25, -0.2) is 9.78 Å². The molecular weight excluding hydrogens is 513 g/mol. The summed E-state index contributed by atoms with van der Waals surface area (Å²) < 4.78 is 16.7. The monoisotopic (exact) mass is 545 g/mol. The molecule has 4 heterocycles. The van der Waals surface area contributed by atoms with Gasteiger partial charge >= 0.3 is 6.09 Å². The first-order valence-electron chi connectivity index (χ1n) is 10.6. The molecular formula is C21H32IN5O4. The van der Waals surface area contributed by atoms with Gasteiger partial charge in [0.05, 0.1) is 25.8 Å². The molecule has 2 unspecified atom stereocenters. The molecule has 3 aliphatic rings. The van der Waals surface area contributed by atoms with Crippen LogP contribution in [0.1, 0.15) is 32.8 Å². The summed E-state index contributed by atoms with van der Waals surface area (Å²) >= 11 is 0. The Labute approximate surface area is 200 Å². The Hall–Kier alpha value is -1.82. The van der Waals surface area contributed by atoms with Crippen molar-refractivity contribution >= 4 is 36.0 Å². The molecule has 0 aromatic carbocycles. The maximum atomic E-state index is 12.4. The van der Waals surface area contributed by atoms with E-state index < -0.39 is 5.60 Å². The Kier molecular flexibility index (Phi) is 7.84. The number of guanidine groups is 1. The highest BCUT2D eigenvalue weighted by Gasteiger charge is 2.36. The lowest BCUT2D eigenvalue weighted by Gasteiger charge is -2.39. The van der Waals surface area contributed by atoms with Gasteiger partial charge in [0.25, 0.3) is 0 Å². The topological polar surface area (TPSA) is 88.5 Å². The number of nitrogens with one attached hydrogen (secondary N) is 1. The van der Waals surface area contributed by atoms with E-state index in [1.807, 2.05) is 32.9 Å². The minimum Gasteiger partial charge on any atom is -0.472 e. The standard InChI is InChI=1S/C21H31N5O4.HI/c1-21(2,3)30-20(27)25-7-8-26-16(13-25)12-24-19(26)23-11-15-4-6-22-18(10-15)29-17-5-9-28-14-17;/h4,6,10,16-17H,5,7-9,11-14H2,1-3H3,(H,23,24);1H. The van der Waals surface area contributed by atoms with Gasteiger partial charge in [-0.2, -0.15) is 0 Å². The lowest BCUT2D eigenvalue weighted by Crippen LogP contribution is -2.57. The molecule has 0 saturated carbocycles. The molecule has 0 spiro atoms. The Morgan fingerprint density at radius 3 is 2.94 bits per heavy atom. The highest BCUT2D eigenvalue weighted by molar-refractivity contribution is 14.0. The summed E-state index contributed by atoms with van der Waals surface area (Å²) in [5.41, 5.74) is 0.600. The molecule has 9 nitrogen and oxygen atoms in total. The molecule has 1 N–H and O–H groups in total. The van der Waals surface area contributed by atoms with Crippen LogP contribution in [0.3, 0.4) is 0 Å². The average Bonchev–Trinajstić information content (AvgIpc) is 3.34. The zero-order valence-electron chi connectivity index (χ0n) is 18.4. The van der Waals surface area contributed by atoms with Crippen molar-refractivity contribution in [1.29, 1.82) is 0 Å². The zero-order chi connectivity index (χ0) is 21.1. The van der Waals surface area contributed by atoms with Crippen LogP contribution >= 0.6 is 24.0 Å². The summed E-state index contributed by atoms with van der Waals surface area (Å²) in [7, 11) is 0. The third-order valence-electron chi connectivity index (χ3n) is 5.28. The maximum Gasteiger partial charge on any atom is 0.410 e. The number of carbonyl (C=O) groups excluding carboxylic acids is 1. The van der Waals surface area contributed by atoms with E-state index in [0.717, 1.165) is 31.1 Å². The predicted octanol–water partition coefficient (Wildman–Crippen LogP) is 2.25. The highest BCUT2D eigenvalue weighted by atomic mass is 127. The van der Waals surface area contributed by atoms with E-state index in [1.54, 1.807) is 11.1 Å². The molecule has 10 heteroatoms. The summed E-state index contributed by atoms with van der Waals surface area (Å²) in [6.45, 7) is 10.3. The van der Waals surface area contributed by atoms with Crippen LogP contribution in [0.2, 0.25) is 0 Å². The lowest BCUT2D eigenvalue weighted by molar-refractivity contribution is 0.0137. The van der Waals surface area contributed by atoms with Crippen LogP contribution in [0, 0.1) is 0 Å². The molecule has 31 heavy (non-hydrogen) atoms. The summed E-state index contributed by atoms with van der Waals surface area (Å²) in [4.78, 5) is 25.3. The Bertz CT molecular complexity index is 794. The third-order valence-corrected chi connectivity index (χ3v) is 5.28. The Balaban J connectivity index is 0.00000272. The van der Waals surface area contributed by atoms with E-state index in [0.29, 0.717) is 38.7 Å². The molecule has 2 atom stereocenters. The molecule has 2 fully saturated rings. The predicted molar refractivity (Wildman–Crippen MR) is 127 cm³/mol. The number of hydrogen-bond donors (Lipinski definition) is 1. The normalized spacial score (nSPS) is 23.0. The second-order valence-corrected chi connectivity index (χ2v) is 8.90. The van der Waals surface area contributed by atoms with E-state index in [-0.39, 0.29) is 42.2 Å². The van der Waals surface area contributed by atoms with E-state index >= 15 is 0 Å². The molecule has 0 aliphatic carbocycles. The maximum absolute atomic E-state index is 12.4. The number of fused-ring (bicyclic) bond motifs is 1. The molecule has 0 radical (unpaired) electrons. The minimum absolute atomic E-state index is 0. The van der Waals surface area contributed by atoms with E-state index in [4.69, 9.17) is 14.2 Å². The third kappa shape index (κ3) is 6.34. The van der Waals surface area contributed by atoms with Crippen LogP contribution in [-0.4, -0.2) is 84.0 Å². The van der Waals surface area contributed by atoms with Crippen molar-refractivity contribution in [3.05, 3.63) is 23.9 Å². The number of rotatable bonds is 4. The van der Waals surface area contributed by atoms with Crippen molar-refractivity contribution in [3.63, 3.8) is 0 Å². The lowest BCUT2D eigenvalue weighted by atomic mass is 10.2. The van der Waals surface area contributed by atoms with E-state index in [1.165, 1.54) is 0 Å². The number of aliphatic imine (C=N–C) groups is 1. The largest absolute Gasteiger partial charge is 0.472 e. The van der Waals surface area contributed by atoms with Gasteiger partial charge in [0.2, 0.25) is 5.88 Å². The van der Waals surface area contributed by atoms with Crippen LogP contribution in [0.15, 0.2) is 23.3 Å². The summed E-state index contributed by atoms with van der Waals surface area (Å²) in [6, 6.07) is 4.12. The molecule has 0 bridgehead atoms. The van der Waals surface area contributed by atoms with Crippen LogP contribution in [0.4, 0.5) is 4.79 Å². The summed E-state index contributed by atoms with van der Waals surface area (Å²) in [6.07, 6.45) is 2.50. The van der Waals surface area contributed by atoms with Gasteiger partial charge in [-0.15, -0.1) is 24.0 Å². The first kappa shape index (κ1) is 23.8. The van der Waals surface area contributed by atoms with Crippen molar-refractivity contribution < 1.29 is 19.0 Å². The SMILES string of the molecule is CC(C)(C)OC(=O)N1CCN2C(NCc3ccnc(OC4CCOC4)c3)=NCC2C1.I. The number of pyridine rings is 1. The number of ether oxygens (including phenoxy) is 3. The first-order valence-corrected chi connectivity index (χ1v) is 10.6. The second kappa shape index (κ2) is 10.2. The van der Waals surface area contributed by atoms with Gasteiger partial charge in [0.15, 0.2) is 5.96 Å². The number of hydrogen-bond acceptors (Lipinski definition) is 8. The fourth-order valence-corrected chi connectivity index (χ4v) is 3.81. The number of aromatic nitrogens is 1. The quantitative estimate of drug-likeness (QED) is 0.581. The van der Waals surface area contributed by atoms with Gasteiger partial charge in [0, 0.05) is 44.9 Å². The van der Waals surface area contributed by atoms with Gasteiger partial charge < -0.3 is 29.3 Å². The molecule has 4 rings (SSSR count). The highest BCUT2D eigenvalue weighted by Crippen LogP contribution is 2.19. The van der Waals surface area contributed by atoms with Crippen LogP contribution in [0.25, 0.3) is 0 Å². The van der Waals surface area contributed by atoms with Crippen molar-refractivity contribution in [2.24, 2.45) is 4.99 Å². The number of halogens is 1. The molecule has 172 valence electrons. The molecule has 1 aromatic heterocycles. The Morgan fingerprint density at radius 2 is 2.19 bits per heavy atom. The summed E-state index contributed by atoms with van der Waals surface area (Å²) in [5.74, 6) is 1.51. The minimum atomic E-state index is -0.481. The van der Waals surface area contributed by atoms with Crippen molar-refractivity contribution in [2.45, 2.75) is 51.5 Å². The average molecular weight is 545 g/mol. The van der Waals surface area contributed by atoms with E-state index in [2.05, 4.69) is 20.2 Å². The van der Waals surface area contributed by atoms with Gasteiger partial charge in [-0.3, -0.25) is 4.99 Å². The molecule has 1 amide bonds. The van der Waals surface area contributed by atoms with Gasteiger partial charge in [0.1, 0.15) is 11.7 Å². The fraction of sp³-hybridized carbons (Fsp3) is 0.667. The number of amides is 1. The van der Waals surface area contributed by atoms with E-state index in [9.17, 15) is 4.79 Å². The van der Waals surface area contributed by atoms with Gasteiger partial charge in [-0.05, 0) is 32.4 Å². The molecule has 3 aliphatic heterocycles. The summed E-state index contributed by atoms with van der Waals surface area (Å²) in [5, 5.41) is 3.43. The van der Waals surface area contributed by atoms with Crippen LogP contribution in [-0.2, 0) is 16.0 Å². The second-order valence-electron chi connectivity index (χ2n) is 8.90. The van der Waals surface area contributed by atoms with Crippen molar-refractivity contribution in [1.82, 2.24) is 20.1 Å². The van der Waals surface area contributed by atoms with Crippen molar-refractivity contribution in [2.75, 3.05) is 39.4 Å². The smallest absolute Gasteiger partial charge is 0.410 e. The van der Waals surface area contributed by atoms with Crippen molar-refractivity contribution in [3.8, 4) is 5.88 Å². The number of carbonyl (C=O) groups is 1. The Morgan fingerprint density at radius 1 is 1.35 bits per heavy atom. The molecule has 1 aromatic rings. The first-order chi connectivity index (χ1) is 14.4. The number of nitrogens with zero attached hydrogens (tertiary/aromatic N) is 4. The van der Waals surface area contributed by atoms with Crippen LogP contribution in [0.5, 0.6) is 5.88 Å².